The van der Waals surface area contributed by atoms with Crippen molar-refractivity contribution in [2.75, 3.05) is 19.7 Å². The van der Waals surface area contributed by atoms with Crippen molar-refractivity contribution in [3.63, 3.8) is 0 Å². The molecule has 2 aromatic heterocycles. The zero-order valence-electron chi connectivity index (χ0n) is 20.9. The van der Waals surface area contributed by atoms with Crippen molar-refractivity contribution in [1.82, 2.24) is 24.9 Å². The molecule has 0 atom stereocenters. The van der Waals surface area contributed by atoms with Gasteiger partial charge < -0.3 is 4.74 Å². The van der Waals surface area contributed by atoms with Crippen molar-refractivity contribution in [2.24, 2.45) is 5.92 Å². The molecular formula is C30H33N5O. The maximum atomic E-state index is 5.99. The fourth-order valence-electron chi connectivity index (χ4n) is 5.43. The monoisotopic (exact) mass is 479 g/mol. The lowest BCUT2D eigenvalue weighted by molar-refractivity contribution is 0.153. The van der Waals surface area contributed by atoms with Crippen LogP contribution in [-0.4, -0.2) is 44.6 Å². The zero-order valence-corrected chi connectivity index (χ0v) is 20.9. The number of hydrogen-bond acceptors (Lipinski definition) is 5. The molecule has 0 spiro atoms. The molecule has 3 heterocycles. The van der Waals surface area contributed by atoms with Crippen LogP contribution in [0.1, 0.15) is 48.4 Å². The Bertz CT molecular complexity index is 1270. The van der Waals surface area contributed by atoms with Gasteiger partial charge in [0.1, 0.15) is 0 Å². The number of hydrogen-bond donors (Lipinski definition) is 0. The van der Waals surface area contributed by atoms with Crippen LogP contribution in [-0.2, 0) is 6.54 Å². The first-order valence-electron chi connectivity index (χ1n) is 13.1. The van der Waals surface area contributed by atoms with Crippen LogP contribution >= 0.6 is 0 Å². The van der Waals surface area contributed by atoms with Gasteiger partial charge in [-0.15, -0.1) is 10.2 Å². The number of ether oxygens (including phenoxy) is 1. The lowest BCUT2D eigenvalue weighted by atomic mass is 9.72. The first-order chi connectivity index (χ1) is 17.7. The number of benzene rings is 2. The first-order valence-corrected chi connectivity index (χ1v) is 13.1. The number of nitrogens with zero attached hydrogens (tertiary/aromatic N) is 5. The maximum absolute atomic E-state index is 5.99. The number of rotatable bonds is 8. The lowest BCUT2D eigenvalue weighted by Gasteiger charge is -2.35. The van der Waals surface area contributed by atoms with Crippen molar-refractivity contribution in [1.29, 1.82) is 0 Å². The second-order valence-corrected chi connectivity index (χ2v) is 10.2. The minimum atomic E-state index is 0.568. The van der Waals surface area contributed by atoms with Crippen molar-refractivity contribution in [3.05, 3.63) is 89.6 Å². The summed E-state index contributed by atoms with van der Waals surface area (Å²) in [6.07, 6.45) is 5.03. The standard InChI is InChI=1S/C30H33N5O/c1-22-17-28(26-7-3-2-4-8-26)35(33-22)29-13-14-30(32-31-29)36-21-24-18-27(19-24)25-11-9-23(10-12-25)20-34-15-5-6-16-34/h2-4,7-14,17,24,27H,5-6,15-16,18-21H2,1H3. The Kier molecular flexibility index (Phi) is 6.51. The van der Waals surface area contributed by atoms with E-state index in [-0.39, 0.29) is 0 Å². The Balaban J connectivity index is 1.01. The normalized spacial score (nSPS) is 19.8. The van der Waals surface area contributed by atoms with Gasteiger partial charge in [-0.05, 0) is 80.8 Å². The Morgan fingerprint density at radius 3 is 2.39 bits per heavy atom. The molecule has 6 nitrogen and oxygen atoms in total. The van der Waals surface area contributed by atoms with Crippen molar-refractivity contribution >= 4 is 0 Å². The SMILES string of the molecule is Cc1cc(-c2ccccc2)n(-c2ccc(OCC3CC(c4ccc(CN5CCCC5)cc4)C3)nn2)n1. The van der Waals surface area contributed by atoms with Gasteiger partial charge >= 0.3 is 0 Å². The van der Waals surface area contributed by atoms with Crippen LogP contribution in [0.25, 0.3) is 17.1 Å². The van der Waals surface area contributed by atoms with Crippen LogP contribution in [0.5, 0.6) is 5.88 Å². The minimum absolute atomic E-state index is 0.568. The summed E-state index contributed by atoms with van der Waals surface area (Å²) in [5, 5.41) is 13.3. The van der Waals surface area contributed by atoms with Gasteiger partial charge in [0, 0.05) is 18.2 Å². The zero-order chi connectivity index (χ0) is 24.3. The number of aromatic nitrogens is 4. The van der Waals surface area contributed by atoms with E-state index < -0.39 is 0 Å². The quantitative estimate of drug-likeness (QED) is 0.319. The third-order valence-electron chi connectivity index (χ3n) is 7.50. The highest BCUT2D eigenvalue weighted by Gasteiger charge is 2.31. The van der Waals surface area contributed by atoms with E-state index in [0.29, 0.717) is 30.1 Å². The van der Waals surface area contributed by atoms with E-state index >= 15 is 0 Å². The van der Waals surface area contributed by atoms with Crippen molar-refractivity contribution < 1.29 is 4.74 Å². The molecule has 184 valence electrons. The predicted molar refractivity (Wildman–Crippen MR) is 141 cm³/mol. The van der Waals surface area contributed by atoms with Crippen LogP contribution in [0, 0.1) is 12.8 Å². The molecule has 1 saturated heterocycles. The molecule has 6 rings (SSSR count). The fourth-order valence-corrected chi connectivity index (χ4v) is 5.43. The largest absolute Gasteiger partial charge is 0.476 e. The molecule has 2 aromatic carbocycles. The Morgan fingerprint density at radius 2 is 1.67 bits per heavy atom. The fraction of sp³-hybridized carbons (Fsp3) is 0.367. The smallest absolute Gasteiger partial charge is 0.233 e. The summed E-state index contributed by atoms with van der Waals surface area (Å²) < 4.78 is 7.83. The molecule has 6 heteroatoms. The average molecular weight is 480 g/mol. The maximum Gasteiger partial charge on any atom is 0.233 e. The van der Waals surface area contributed by atoms with Gasteiger partial charge in [-0.2, -0.15) is 5.10 Å². The number of aryl methyl sites for hydroxylation is 1. The summed E-state index contributed by atoms with van der Waals surface area (Å²) in [6, 6.07) is 25.4. The second kappa shape index (κ2) is 10.2. The molecule has 1 saturated carbocycles. The summed E-state index contributed by atoms with van der Waals surface area (Å²) in [5.74, 6) is 2.47. The highest BCUT2D eigenvalue weighted by Crippen LogP contribution is 2.41. The van der Waals surface area contributed by atoms with Crippen LogP contribution in [0.2, 0.25) is 0 Å². The summed E-state index contributed by atoms with van der Waals surface area (Å²) >= 11 is 0. The van der Waals surface area contributed by atoms with E-state index in [4.69, 9.17) is 4.74 Å². The Hall–Kier alpha value is -3.51. The van der Waals surface area contributed by atoms with Gasteiger partial charge in [0.2, 0.25) is 5.88 Å². The van der Waals surface area contributed by atoms with Gasteiger partial charge in [-0.1, -0.05) is 54.6 Å². The highest BCUT2D eigenvalue weighted by molar-refractivity contribution is 5.61. The molecule has 0 unspecified atom stereocenters. The van der Waals surface area contributed by atoms with Gasteiger partial charge in [-0.3, -0.25) is 4.90 Å². The molecule has 0 radical (unpaired) electrons. The summed E-state index contributed by atoms with van der Waals surface area (Å²) in [5.41, 5.74) is 5.94. The highest BCUT2D eigenvalue weighted by atomic mass is 16.5. The van der Waals surface area contributed by atoms with Crippen LogP contribution in [0.15, 0.2) is 72.8 Å². The molecule has 0 N–H and O–H groups in total. The third kappa shape index (κ3) is 5.05. The Morgan fingerprint density at radius 1 is 0.889 bits per heavy atom. The molecule has 0 amide bonds. The van der Waals surface area contributed by atoms with Crippen molar-refractivity contribution in [2.45, 2.75) is 45.1 Å². The van der Waals surface area contributed by atoms with Crippen LogP contribution < -0.4 is 4.74 Å². The predicted octanol–water partition coefficient (Wildman–Crippen LogP) is 5.81. The van der Waals surface area contributed by atoms with Gasteiger partial charge in [0.15, 0.2) is 5.82 Å². The van der Waals surface area contributed by atoms with E-state index in [1.807, 2.05) is 41.9 Å². The molecule has 2 fully saturated rings. The average Bonchev–Trinajstić information content (AvgIpc) is 3.54. The Labute approximate surface area is 212 Å². The van der Waals surface area contributed by atoms with E-state index in [2.05, 4.69) is 62.7 Å². The van der Waals surface area contributed by atoms with Gasteiger partial charge in [-0.25, -0.2) is 4.68 Å². The lowest BCUT2D eigenvalue weighted by Crippen LogP contribution is -2.27. The minimum Gasteiger partial charge on any atom is -0.476 e. The molecule has 2 aliphatic rings. The summed E-state index contributed by atoms with van der Waals surface area (Å²) in [4.78, 5) is 2.55. The van der Waals surface area contributed by atoms with Gasteiger partial charge in [0.25, 0.3) is 0 Å². The molecule has 1 aliphatic heterocycles. The van der Waals surface area contributed by atoms with E-state index in [1.54, 1.807) is 0 Å². The second-order valence-electron chi connectivity index (χ2n) is 10.2. The van der Waals surface area contributed by atoms with E-state index in [0.717, 1.165) is 23.5 Å². The van der Waals surface area contributed by atoms with Crippen LogP contribution in [0.3, 0.4) is 0 Å². The molecule has 4 aromatic rings. The number of likely N-dealkylation sites (tertiary alicyclic amines) is 1. The summed E-state index contributed by atoms with van der Waals surface area (Å²) in [7, 11) is 0. The van der Waals surface area contributed by atoms with Crippen LogP contribution in [0.4, 0.5) is 0 Å². The third-order valence-corrected chi connectivity index (χ3v) is 7.50. The molecular weight excluding hydrogens is 446 g/mol. The van der Waals surface area contributed by atoms with E-state index in [1.165, 1.54) is 49.9 Å². The molecule has 36 heavy (non-hydrogen) atoms. The molecule has 0 bridgehead atoms. The first kappa shape index (κ1) is 22.9. The topological polar surface area (TPSA) is 56.1 Å². The van der Waals surface area contributed by atoms with E-state index in [9.17, 15) is 0 Å². The molecule has 1 aliphatic carbocycles. The van der Waals surface area contributed by atoms with Gasteiger partial charge in [0.05, 0.1) is 18.0 Å². The van der Waals surface area contributed by atoms with Crippen molar-refractivity contribution in [3.8, 4) is 23.0 Å². The summed E-state index contributed by atoms with van der Waals surface area (Å²) in [6.45, 7) is 6.26.